The standard InChI is InChI=1S/C11H19NS/c1-4-12(5-2)7-10-8(3)13-11-6-9(10)11/h9,11H,4-7H2,1-3H3. The van der Waals surface area contributed by atoms with E-state index in [0.29, 0.717) is 0 Å². The van der Waals surface area contributed by atoms with Crippen molar-refractivity contribution in [1.29, 1.82) is 0 Å². The van der Waals surface area contributed by atoms with Crippen LogP contribution in [0.15, 0.2) is 10.5 Å². The second-order valence-corrected chi connectivity index (χ2v) is 5.49. The number of allylic oxidation sites excluding steroid dienone is 1. The molecule has 1 heterocycles. The number of nitrogens with zero attached hydrogens (tertiary/aromatic N) is 1. The predicted octanol–water partition coefficient (Wildman–Crippen LogP) is 2.74. The minimum atomic E-state index is 0.964. The molecule has 1 saturated carbocycles. The topological polar surface area (TPSA) is 3.24 Å². The third-order valence-corrected chi connectivity index (χ3v) is 4.69. The Morgan fingerprint density at radius 3 is 2.54 bits per heavy atom. The highest BCUT2D eigenvalue weighted by atomic mass is 32.2. The third-order valence-electron chi connectivity index (χ3n) is 3.25. The Balaban J connectivity index is 1.96. The Labute approximate surface area is 85.6 Å². The van der Waals surface area contributed by atoms with Crippen molar-refractivity contribution in [3.05, 3.63) is 10.5 Å². The van der Waals surface area contributed by atoms with E-state index in [1.54, 1.807) is 10.5 Å². The molecule has 0 bridgehead atoms. The SMILES string of the molecule is CCN(CC)CC1=C(C)SC2CC12. The number of fused-ring (bicyclic) bond motifs is 1. The summed E-state index contributed by atoms with van der Waals surface area (Å²) in [5.41, 5.74) is 1.75. The van der Waals surface area contributed by atoms with E-state index in [0.717, 1.165) is 11.2 Å². The quantitative estimate of drug-likeness (QED) is 0.682. The van der Waals surface area contributed by atoms with Gasteiger partial charge in [0.2, 0.25) is 0 Å². The van der Waals surface area contributed by atoms with Gasteiger partial charge in [-0.05, 0) is 42.8 Å². The summed E-state index contributed by atoms with van der Waals surface area (Å²) in [4.78, 5) is 4.15. The zero-order valence-electron chi connectivity index (χ0n) is 8.84. The fraction of sp³-hybridized carbons (Fsp3) is 0.818. The first-order valence-corrected chi connectivity index (χ1v) is 6.22. The molecule has 0 saturated heterocycles. The molecule has 0 aromatic rings. The van der Waals surface area contributed by atoms with Crippen LogP contribution in [0.25, 0.3) is 0 Å². The molecule has 0 amide bonds. The maximum atomic E-state index is 2.53. The van der Waals surface area contributed by atoms with Crippen molar-refractivity contribution in [3.8, 4) is 0 Å². The van der Waals surface area contributed by atoms with Gasteiger partial charge >= 0.3 is 0 Å². The molecule has 0 aromatic carbocycles. The Hall–Kier alpha value is 0.0500. The molecular weight excluding hydrogens is 178 g/mol. The van der Waals surface area contributed by atoms with Crippen LogP contribution in [0.5, 0.6) is 0 Å². The van der Waals surface area contributed by atoms with Crippen molar-refractivity contribution in [3.63, 3.8) is 0 Å². The zero-order valence-corrected chi connectivity index (χ0v) is 9.66. The van der Waals surface area contributed by atoms with E-state index in [1.807, 2.05) is 0 Å². The summed E-state index contributed by atoms with van der Waals surface area (Å²) in [7, 11) is 0. The van der Waals surface area contributed by atoms with E-state index in [9.17, 15) is 0 Å². The van der Waals surface area contributed by atoms with Crippen molar-refractivity contribution < 1.29 is 0 Å². The Morgan fingerprint density at radius 1 is 1.38 bits per heavy atom. The van der Waals surface area contributed by atoms with Crippen molar-refractivity contribution >= 4 is 11.8 Å². The average Bonchev–Trinajstić information content (AvgIpc) is 2.80. The van der Waals surface area contributed by atoms with Gasteiger partial charge < -0.3 is 0 Å². The number of rotatable bonds is 4. The second-order valence-electron chi connectivity index (χ2n) is 4.04. The van der Waals surface area contributed by atoms with Gasteiger partial charge in [-0.25, -0.2) is 0 Å². The van der Waals surface area contributed by atoms with Crippen LogP contribution in [0.2, 0.25) is 0 Å². The molecule has 2 unspecified atom stereocenters. The monoisotopic (exact) mass is 197 g/mol. The fourth-order valence-corrected chi connectivity index (χ4v) is 3.60. The van der Waals surface area contributed by atoms with E-state index in [-0.39, 0.29) is 0 Å². The summed E-state index contributed by atoms with van der Waals surface area (Å²) in [5.74, 6) is 0.964. The molecule has 1 aliphatic heterocycles. The van der Waals surface area contributed by atoms with Crippen molar-refractivity contribution in [2.24, 2.45) is 5.92 Å². The fourth-order valence-electron chi connectivity index (χ4n) is 2.15. The van der Waals surface area contributed by atoms with E-state index >= 15 is 0 Å². The van der Waals surface area contributed by atoms with Gasteiger partial charge in [-0.1, -0.05) is 13.8 Å². The summed E-state index contributed by atoms with van der Waals surface area (Å²) in [6.07, 6.45) is 1.46. The highest BCUT2D eigenvalue weighted by Crippen LogP contribution is 2.57. The third kappa shape index (κ3) is 1.79. The maximum absolute atomic E-state index is 2.53. The lowest BCUT2D eigenvalue weighted by Crippen LogP contribution is -2.25. The molecule has 0 N–H and O–H groups in total. The molecule has 0 aromatic heterocycles. The minimum Gasteiger partial charge on any atom is -0.300 e. The van der Waals surface area contributed by atoms with Crippen molar-refractivity contribution in [2.75, 3.05) is 19.6 Å². The largest absolute Gasteiger partial charge is 0.300 e. The van der Waals surface area contributed by atoms with Gasteiger partial charge in [-0.2, -0.15) is 0 Å². The summed E-state index contributed by atoms with van der Waals surface area (Å²) in [5, 5.41) is 0.977. The highest BCUT2D eigenvalue weighted by Gasteiger charge is 2.46. The van der Waals surface area contributed by atoms with Crippen LogP contribution >= 0.6 is 11.8 Å². The number of thioether (sulfide) groups is 1. The molecule has 1 aliphatic carbocycles. The highest BCUT2D eigenvalue weighted by molar-refractivity contribution is 8.04. The molecule has 74 valence electrons. The van der Waals surface area contributed by atoms with Crippen LogP contribution in [0.1, 0.15) is 27.2 Å². The molecule has 2 heteroatoms. The summed E-state index contributed by atoms with van der Waals surface area (Å²) in [6.45, 7) is 10.4. The zero-order chi connectivity index (χ0) is 9.42. The van der Waals surface area contributed by atoms with Gasteiger partial charge in [0.1, 0.15) is 0 Å². The van der Waals surface area contributed by atoms with Gasteiger partial charge in [0.15, 0.2) is 0 Å². The van der Waals surface area contributed by atoms with Crippen LogP contribution in [-0.4, -0.2) is 29.8 Å². The molecule has 13 heavy (non-hydrogen) atoms. The van der Waals surface area contributed by atoms with Crippen molar-refractivity contribution in [2.45, 2.75) is 32.4 Å². The smallest absolute Gasteiger partial charge is 0.0206 e. The van der Waals surface area contributed by atoms with Gasteiger partial charge in [0.25, 0.3) is 0 Å². The normalized spacial score (nSPS) is 31.4. The first-order valence-electron chi connectivity index (χ1n) is 5.34. The van der Waals surface area contributed by atoms with Gasteiger partial charge in [-0.15, -0.1) is 11.8 Å². The molecule has 2 rings (SSSR count). The lowest BCUT2D eigenvalue weighted by atomic mass is 10.1. The van der Waals surface area contributed by atoms with E-state index in [1.165, 1.54) is 26.1 Å². The van der Waals surface area contributed by atoms with Crippen molar-refractivity contribution in [1.82, 2.24) is 4.90 Å². The van der Waals surface area contributed by atoms with E-state index in [4.69, 9.17) is 0 Å². The minimum absolute atomic E-state index is 0.964. The predicted molar refractivity (Wildman–Crippen MR) is 60.0 cm³/mol. The van der Waals surface area contributed by atoms with E-state index < -0.39 is 0 Å². The maximum Gasteiger partial charge on any atom is 0.0206 e. The van der Waals surface area contributed by atoms with Gasteiger partial charge in [0.05, 0.1) is 0 Å². The van der Waals surface area contributed by atoms with Crippen LogP contribution in [0, 0.1) is 5.92 Å². The molecular formula is C11H19NS. The Bertz CT molecular complexity index is 230. The first kappa shape index (κ1) is 9.60. The van der Waals surface area contributed by atoms with Crippen LogP contribution in [0.4, 0.5) is 0 Å². The first-order chi connectivity index (χ1) is 6.26. The van der Waals surface area contributed by atoms with E-state index in [2.05, 4.69) is 37.4 Å². The molecule has 2 atom stereocenters. The lowest BCUT2D eigenvalue weighted by Gasteiger charge is -2.19. The number of hydrogen-bond acceptors (Lipinski definition) is 2. The van der Waals surface area contributed by atoms with Crippen LogP contribution in [0.3, 0.4) is 0 Å². The lowest BCUT2D eigenvalue weighted by molar-refractivity contribution is 0.325. The average molecular weight is 197 g/mol. The molecule has 1 fully saturated rings. The van der Waals surface area contributed by atoms with Crippen LogP contribution in [-0.2, 0) is 0 Å². The van der Waals surface area contributed by atoms with Gasteiger partial charge in [-0.3, -0.25) is 4.90 Å². The summed E-state index contributed by atoms with van der Waals surface area (Å²) < 4.78 is 0. The summed E-state index contributed by atoms with van der Waals surface area (Å²) in [6, 6.07) is 0. The Kier molecular flexibility index (Phi) is 2.70. The molecule has 2 aliphatic rings. The van der Waals surface area contributed by atoms with Crippen LogP contribution < -0.4 is 0 Å². The Morgan fingerprint density at radius 2 is 2.08 bits per heavy atom. The number of hydrogen-bond donors (Lipinski definition) is 0. The second kappa shape index (κ2) is 3.66. The molecule has 1 nitrogen and oxygen atoms in total. The molecule has 0 spiro atoms. The number of likely N-dealkylation sites (N-methyl/N-ethyl adjacent to an activating group) is 1. The molecule has 0 radical (unpaired) electrons. The van der Waals surface area contributed by atoms with Gasteiger partial charge in [0, 0.05) is 11.8 Å². The summed E-state index contributed by atoms with van der Waals surface area (Å²) >= 11 is 2.12.